The van der Waals surface area contributed by atoms with Crippen LogP contribution in [-0.2, 0) is 20.1 Å². The lowest BCUT2D eigenvalue weighted by Gasteiger charge is -2.23. The van der Waals surface area contributed by atoms with Gasteiger partial charge in [-0.25, -0.2) is 4.79 Å². The lowest BCUT2D eigenvalue weighted by Crippen LogP contribution is -2.34. The minimum absolute atomic E-state index is 0.0158. The van der Waals surface area contributed by atoms with Crippen molar-refractivity contribution in [2.24, 2.45) is 7.05 Å². The number of nitrogens with one attached hydrogen (secondary N) is 2. The largest absolute Gasteiger partial charge is 0.330 e. The van der Waals surface area contributed by atoms with Crippen LogP contribution in [0.25, 0.3) is 10.9 Å². The van der Waals surface area contributed by atoms with Gasteiger partial charge in [-0.15, -0.1) is 0 Å². The molecule has 9 nitrogen and oxygen atoms in total. The van der Waals surface area contributed by atoms with Gasteiger partial charge in [0, 0.05) is 42.6 Å². The van der Waals surface area contributed by atoms with Crippen LogP contribution in [0, 0.1) is 13.8 Å². The highest BCUT2D eigenvalue weighted by Crippen LogP contribution is 2.22. The molecule has 0 unspecified atom stereocenters. The maximum Gasteiger partial charge on any atom is 0.325 e. The van der Waals surface area contributed by atoms with Crippen LogP contribution in [0.15, 0.2) is 52.3 Å². The van der Waals surface area contributed by atoms with Crippen molar-refractivity contribution >= 4 is 16.8 Å². The fraction of sp³-hybridized carbons (Fsp3) is 0.227. The quantitative estimate of drug-likeness (QED) is 0.513. The molecule has 0 spiro atoms. The molecule has 4 rings (SSSR count). The maximum absolute atomic E-state index is 13.6. The van der Waals surface area contributed by atoms with Gasteiger partial charge in [-0.3, -0.25) is 24.2 Å². The summed E-state index contributed by atoms with van der Waals surface area (Å²) in [4.78, 5) is 48.0. The van der Waals surface area contributed by atoms with Crippen LogP contribution >= 0.6 is 0 Å². The highest BCUT2D eigenvalue weighted by Gasteiger charge is 2.23. The van der Waals surface area contributed by atoms with Crippen LogP contribution in [0.1, 0.15) is 32.9 Å². The van der Waals surface area contributed by atoms with Gasteiger partial charge in [0.05, 0.1) is 28.9 Å². The van der Waals surface area contributed by atoms with E-state index in [4.69, 9.17) is 0 Å². The Balaban J connectivity index is 1.79. The van der Waals surface area contributed by atoms with E-state index < -0.39 is 11.2 Å². The number of carbonyl (C=O) groups is 1. The van der Waals surface area contributed by atoms with Crippen molar-refractivity contribution in [1.29, 1.82) is 0 Å². The molecule has 0 atom stereocenters. The number of pyridine rings is 1. The second-order valence-corrected chi connectivity index (χ2v) is 7.41. The number of aromatic nitrogens is 5. The fourth-order valence-corrected chi connectivity index (χ4v) is 3.64. The van der Waals surface area contributed by atoms with Gasteiger partial charge in [0.25, 0.3) is 11.5 Å². The number of H-pyrrole nitrogens is 2. The van der Waals surface area contributed by atoms with Crippen molar-refractivity contribution in [2.45, 2.75) is 26.9 Å². The number of aryl methyl sites for hydroxylation is 2. The standard InChI is InChI=1S/C22H22N6O3/c1-13-18(14(2)27(3)26-13)12-28(11-16-10-24-22(31)25-20(16)29)21(30)17-8-4-6-15-7-5-9-23-19(15)17/h4-10H,11-12H2,1-3H3,(H2,24,25,29,31). The summed E-state index contributed by atoms with van der Waals surface area (Å²) in [5, 5.41) is 5.28. The number of amides is 1. The third kappa shape index (κ3) is 3.89. The Morgan fingerprint density at radius 2 is 1.90 bits per heavy atom. The third-order valence-electron chi connectivity index (χ3n) is 5.42. The topological polar surface area (TPSA) is 117 Å². The molecular formula is C22H22N6O3. The number of hydrogen-bond acceptors (Lipinski definition) is 5. The summed E-state index contributed by atoms with van der Waals surface area (Å²) in [5.74, 6) is -0.266. The van der Waals surface area contributed by atoms with Gasteiger partial charge < -0.3 is 9.88 Å². The summed E-state index contributed by atoms with van der Waals surface area (Å²) in [6, 6.07) is 9.14. The lowest BCUT2D eigenvalue weighted by atomic mass is 10.1. The molecule has 0 fully saturated rings. The number of aromatic amines is 2. The van der Waals surface area contributed by atoms with Crippen LogP contribution in [0.3, 0.4) is 0 Å². The Labute approximate surface area is 177 Å². The molecule has 0 aliphatic carbocycles. The molecule has 1 amide bonds. The zero-order chi connectivity index (χ0) is 22.1. The molecule has 0 aliphatic rings. The van der Waals surface area contributed by atoms with Gasteiger partial charge in [0.1, 0.15) is 0 Å². The van der Waals surface area contributed by atoms with E-state index >= 15 is 0 Å². The summed E-state index contributed by atoms with van der Waals surface area (Å²) < 4.78 is 1.76. The van der Waals surface area contributed by atoms with Gasteiger partial charge in [-0.1, -0.05) is 18.2 Å². The van der Waals surface area contributed by atoms with Gasteiger partial charge in [0.15, 0.2) is 0 Å². The molecule has 0 aliphatic heterocycles. The molecule has 1 aromatic carbocycles. The summed E-state index contributed by atoms with van der Waals surface area (Å²) in [6.45, 7) is 4.09. The molecule has 2 N–H and O–H groups in total. The summed E-state index contributed by atoms with van der Waals surface area (Å²) in [5.41, 5.74) is 2.84. The molecule has 0 radical (unpaired) electrons. The van der Waals surface area contributed by atoms with Crippen LogP contribution in [-0.4, -0.2) is 35.5 Å². The van der Waals surface area contributed by atoms with E-state index in [1.165, 1.54) is 6.20 Å². The van der Waals surface area contributed by atoms with E-state index in [9.17, 15) is 14.4 Å². The molecule has 0 bridgehead atoms. The van der Waals surface area contributed by atoms with Crippen LogP contribution in [0.5, 0.6) is 0 Å². The zero-order valence-corrected chi connectivity index (χ0v) is 17.5. The Hall–Kier alpha value is -4.01. The normalized spacial score (nSPS) is 11.1. The second-order valence-electron chi connectivity index (χ2n) is 7.41. The first kappa shape index (κ1) is 20.3. The molecule has 0 saturated heterocycles. The van der Waals surface area contributed by atoms with Crippen LogP contribution in [0.2, 0.25) is 0 Å². The van der Waals surface area contributed by atoms with Crippen molar-refractivity contribution in [1.82, 2.24) is 29.6 Å². The van der Waals surface area contributed by atoms with E-state index in [1.807, 2.05) is 45.2 Å². The van der Waals surface area contributed by atoms with Crippen LogP contribution < -0.4 is 11.2 Å². The second kappa shape index (κ2) is 8.02. The van der Waals surface area contributed by atoms with Crippen molar-refractivity contribution < 1.29 is 4.79 Å². The van der Waals surface area contributed by atoms with Gasteiger partial charge >= 0.3 is 5.69 Å². The summed E-state index contributed by atoms with van der Waals surface area (Å²) >= 11 is 0. The minimum atomic E-state index is -0.594. The molecule has 9 heteroatoms. The van der Waals surface area contributed by atoms with E-state index in [0.29, 0.717) is 11.1 Å². The number of para-hydroxylation sites is 1. The van der Waals surface area contributed by atoms with Gasteiger partial charge in [-0.05, 0) is 26.0 Å². The van der Waals surface area contributed by atoms with Crippen molar-refractivity contribution in [3.8, 4) is 0 Å². The van der Waals surface area contributed by atoms with E-state index in [-0.39, 0.29) is 24.6 Å². The van der Waals surface area contributed by atoms with E-state index in [0.717, 1.165) is 22.3 Å². The number of hydrogen-bond donors (Lipinski definition) is 2. The smallest absolute Gasteiger partial charge is 0.325 e. The number of nitrogens with zero attached hydrogens (tertiary/aromatic N) is 4. The first-order valence-electron chi connectivity index (χ1n) is 9.78. The monoisotopic (exact) mass is 418 g/mol. The molecule has 31 heavy (non-hydrogen) atoms. The number of benzene rings is 1. The third-order valence-corrected chi connectivity index (χ3v) is 5.42. The predicted molar refractivity (Wildman–Crippen MR) is 116 cm³/mol. The van der Waals surface area contributed by atoms with Crippen molar-refractivity contribution in [2.75, 3.05) is 0 Å². The predicted octanol–water partition coefficient (Wildman–Crippen LogP) is 1.80. The molecular weight excluding hydrogens is 396 g/mol. The van der Waals surface area contributed by atoms with Gasteiger partial charge in [-0.2, -0.15) is 5.10 Å². The summed E-state index contributed by atoms with van der Waals surface area (Å²) in [7, 11) is 1.85. The number of rotatable bonds is 5. The molecule has 3 aromatic heterocycles. The highest BCUT2D eigenvalue weighted by atomic mass is 16.2. The highest BCUT2D eigenvalue weighted by molar-refractivity contribution is 6.05. The average molecular weight is 418 g/mol. The first-order valence-corrected chi connectivity index (χ1v) is 9.78. The van der Waals surface area contributed by atoms with Crippen molar-refractivity contribution in [3.05, 3.63) is 91.6 Å². The first-order chi connectivity index (χ1) is 14.8. The van der Waals surface area contributed by atoms with Gasteiger partial charge in [0.2, 0.25) is 0 Å². The Morgan fingerprint density at radius 3 is 2.61 bits per heavy atom. The van der Waals surface area contributed by atoms with E-state index in [2.05, 4.69) is 20.1 Å². The number of fused-ring (bicyclic) bond motifs is 1. The number of carbonyl (C=O) groups excluding carboxylic acids is 1. The molecule has 158 valence electrons. The van der Waals surface area contributed by atoms with Crippen molar-refractivity contribution in [3.63, 3.8) is 0 Å². The Bertz CT molecular complexity index is 1390. The minimum Gasteiger partial charge on any atom is -0.330 e. The lowest BCUT2D eigenvalue weighted by molar-refractivity contribution is 0.0730. The Kier molecular flexibility index (Phi) is 5.24. The van der Waals surface area contributed by atoms with Crippen LogP contribution in [0.4, 0.5) is 0 Å². The maximum atomic E-state index is 13.6. The summed E-state index contributed by atoms with van der Waals surface area (Å²) in [6.07, 6.45) is 2.98. The molecule has 3 heterocycles. The van der Waals surface area contributed by atoms with E-state index in [1.54, 1.807) is 21.8 Å². The Morgan fingerprint density at radius 1 is 1.13 bits per heavy atom. The average Bonchev–Trinajstić information content (AvgIpc) is 2.99. The fourth-order valence-electron chi connectivity index (χ4n) is 3.64. The molecule has 0 saturated carbocycles. The zero-order valence-electron chi connectivity index (χ0n) is 17.5. The molecule has 4 aromatic rings. The SMILES string of the molecule is Cc1nn(C)c(C)c1CN(Cc1c[nH]c(=O)[nH]c1=O)C(=O)c1cccc2cccnc12.